The molecule has 0 spiro atoms. The fourth-order valence-electron chi connectivity index (χ4n) is 0.921. The number of hydrogen-bond acceptors (Lipinski definition) is 5. The number of hydrogen-bond donors (Lipinski definition) is 1. The molecule has 5 nitrogen and oxygen atoms in total. The lowest BCUT2D eigenvalue weighted by Gasteiger charge is -2.23. The van der Waals surface area contributed by atoms with E-state index in [1.165, 1.54) is 6.20 Å². The van der Waals surface area contributed by atoms with Gasteiger partial charge in [-0.2, -0.15) is 10.4 Å². The minimum atomic E-state index is -0.301. The van der Waals surface area contributed by atoms with Gasteiger partial charge >= 0.3 is 0 Å². The molecule has 1 N–H and O–H groups in total. The van der Waals surface area contributed by atoms with Crippen LogP contribution >= 0.6 is 0 Å². The number of anilines is 1. The van der Waals surface area contributed by atoms with Gasteiger partial charge in [-0.3, -0.25) is 0 Å². The second-order valence-electron chi connectivity index (χ2n) is 3.72. The molecular weight excluding hydrogens is 192 g/mol. The van der Waals surface area contributed by atoms with Crippen LogP contribution in [0.5, 0.6) is 0 Å². The zero-order chi connectivity index (χ0) is 11.3. The highest BCUT2D eigenvalue weighted by Gasteiger charge is 2.16. The molecule has 5 heteroatoms. The van der Waals surface area contributed by atoms with Crippen LogP contribution in [0.3, 0.4) is 0 Å². The lowest BCUT2D eigenvalue weighted by molar-refractivity contribution is 0.0343. The highest BCUT2D eigenvalue weighted by Crippen LogP contribution is 2.12. The second-order valence-corrected chi connectivity index (χ2v) is 3.72. The maximum Gasteiger partial charge on any atom is 0.166 e. The van der Waals surface area contributed by atoms with E-state index in [-0.39, 0.29) is 5.60 Å². The van der Waals surface area contributed by atoms with Gasteiger partial charge in [-0.25, -0.2) is 0 Å². The van der Waals surface area contributed by atoms with Gasteiger partial charge in [0.25, 0.3) is 0 Å². The first-order chi connectivity index (χ1) is 7.09. The Morgan fingerprint density at radius 2 is 2.33 bits per heavy atom. The van der Waals surface area contributed by atoms with Gasteiger partial charge in [0, 0.05) is 13.7 Å². The van der Waals surface area contributed by atoms with Gasteiger partial charge in [-0.1, -0.05) is 0 Å². The topological polar surface area (TPSA) is 70.8 Å². The highest BCUT2D eigenvalue weighted by molar-refractivity contribution is 5.50. The molecule has 0 atom stereocenters. The van der Waals surface area contributed by atoms with Crippen molar-refractivity contribution in [2.75, 3.05) is 19.0 Å². The Balaban J connectivity index is 2.70. The van der Waals surface area contributed by atoms with Crippen LogP contribution in [0, 0.1) is 11.3 Å². The van der Waals surface area contributed by atoms with Crippen molar-refractivity contribution in [1.82, 2.24) is 10.2 Å². The van der Waals surface area contributed by atoms with Crippen molar-refractivity contribution in [2.24, 2.45) is 0 Å². The lowest BCUT2D eigenvalue weighted by Crippen LogP contribution is -2.32. The van der Waals surface area contributed by atoms with E-state index in [4.69, 9.17) is 10.00 Å². The minimum absolute atomic E-state index is 0.301. The molecule has 0 radical (unpaired) electrons. The van der Waals surface area contributed by atoms with E-state index in [0.717, 1.165) is 0 Å². The van der Waals surface area contributed by atoms with E-state index < -0.39 is 0 Å². The molecule has 80 valence electrons. The summed E-state index contributed by atoms with van der Waals surface area (Å²) < 4.78 is 5.24. The van der Waals surface area contributed by atoms with Gasteiger partial charge in [-0.05, 0) is 19.9 Å². The number of nitrogens with zero attached hydrogens (tertiary/aromatic N) is 3. The summed E-state index contributed by atoms with van der Waals surface area (Å²) in [5, 5.41) is 19.4. The quantitative estimate of drug-likeness (QED) is 0.801. The molecule has 0 aliphatic rings. The number of methoxy groups -OCH3 is 1. The van der Waals surface area contributed by atoms with Gasteiger partial charge in [0.05, 0.1) is 17.4 Å². The number of nitrogens with one attached hydrogen (secondary N) is 1. The molecule has 0 fully saturated rings. The summed E-state index contributed by atoms with van der Waals surface area (Å²) in [7, 11) is 1.64. The predicted molar refractivity (Wildman–Crippen MR) is 56.3 cm³/mol. The van der Waals surface area contributed by atoms with E-state index in [0.29, 0.717) is 17.9 Å². The third-order valence-electron chi connectivity index (χ3n) is 2.08. The number of rotatable bonds is 4. The summed E-state index contributed by atoms with van der Waals surface area (Å²) >= 11 is 0. The summed E-state index contributed by atoms with van der Waals surface area (Å²) in [6.45, 7) is 4.46. The van der Waals surface area contributed by atoms with Crippen LogP contribution in [-0.2, 0) is 4.74 Å². The summed E-state index contributed by atoms with van der Waals surface area (Å²) in [6.07, 6.45) is 1.49. The van der Waals surface area contributed by atoms with Crippen LogP contribution in [0.4, 0.5) is 5.82 Å². The maximum atomic E-state index is 8.82. The molecule has 0 aromatic carbocycles. The van der Waals surface area contributed by atoms with Crippen LogP contribution in [0.1, 0.15) is 19.4 Å². The van der Waals surface area contributed by atoms with Crippen molar-refractivity contribution in [3.63, 3.8) is 0 Å². The molecule has 1 aromatic rings. The van der Waals surface area contributed by atoms with E-state index in [1.807, 2.05) is 19.9 Å². The van der Waals surface area contributed by atoms with Gasteiger partial charge < -0.3 is 10.1 Å². The van der Waals surface area contributed by atoms with E-state index in [1.54, 1.807) is 13.2 Å². The van der Waals surface area contributed by atoms with Crippen molar-refractivity contribution < 1.29 is 4.74 Å². The normalized spacial score (nSPS) is 10.8. The molecule has 0 saturated heterocycles. The standard InChI is InChI=1S/C10H14N4O/c1-10(2,15-3)7-12-9-8(6-11)4-5-13-14-9/h4-5H,7H2,1-3H3,(H,12,14). The summed E-state index contributed by atoms with van der Waals surface area (Å²) in [6, 6.07) is 3.66. The van der Waals surface area contributed by atoms with Crippen molar-refractivity contribution in [3.05, 3.63) is 17.8 Å². The van der Waals surface area contributed by atoms with Crippen molar-refractivity contribution in [3.8, 4) is 6.07 Å². The van der Waals surface area contributed by atoms with Crippen LogP contribution in [0.25, 0.3) is 0 Å². The van der Waals surface area contributed by atoms with Crippen LogP contribution in [0.15, 0.2) is 12.3 Å². The third-order valence-corrected chi connectivity index (χ3v) is 2.08. The van der Waals surface area contributed by atoms with E-state index >= 15 is 0 Å². The van der Waals surface area contributed by atoms with Crippen molar-refractivity contribution in [2.45, 2.75) is 19.4 Å². The SMILES string of the molecule is COC(C)(C)CNc1nnccc1C#N. The molecule has 1 heterocycles. The van der Waals surface area contributed by atoms with Crippen LogP contribution in [-0.4, -0.2) is 29.5 Å². The van der Waals surface area contributed by atoms with Crippen molar-refractivity contribution in [1.29, 1.82) is 5.26 Å². The predicted octanol–water partition coefficient (Wildman–Crippen LogP) is 1.19. The largest absolute Gasteiger partial charge is 0.377 e. The first-order valence-corrected chi connectivity index (χ1v) is 4.60. The second kappa shape index (κ2) is 4.71. The van der Waals surface area contributed by atoms with Gasteiger partial charge in [0.2, 0.25) is 0 Å². The average Bonchev–Trinajstić information content (AvgIpc) is 2.27. The van der Waals surface area contributed by atoms with Gasteiger partial charge in [0.1, 0.15) is 6.07 Å². The molecular formula is C10H14N4O. The molecule has 15 heavy (non-hydrogen) atoms. The van der Waals surface area contributed by atoms with Crippen LogP contribution in [0.2, 0.25) is 0 Å². The van der Waals surface area contributed by atoms with Crippen molar-refractivity contribution >= 4 is 5.82 Å². The Morgan fingerprint density at radius 3 is 2.93 bits per heavy atom. The average molecular weight is 206 g/mol. The molecule has 0 aliphatic carbocycles. The highest BCUT2D eigenvalue weighted by atomic mass is 16.5. The monoisotopic (exact) mass is 206 g/mol. The minimum Gasteiger partial charge on any atom is -0.377 e. The number of aromatic nitrogens is 2. The fourth-order valence-corrected chi connectivity index (χ4v) is 0.921. The first kappa shape index (κ1) is 11.4. The molecule has 1 rings (SSSR count). The summed E-state index contributed by atoms with van der Waals surface area (Å²) in [5.41, 5.74) is 0.182. The molecule has 0 saturated carbocycles. The van der Waals surface area contributed by atoms with Gasteiger partial charge in [-0.15, -0.1) is 5.10 Å². The molecule has 1 aromatic heterocycles. The Kier molecular flexibility index (Phi) is 3.58. The molecule has 0 unspecified atom stereocenters. The third kappa shape index (κ3) is 3.18. The molecule has 0 amide bonds. The Morgan fingerprint density at radius 1 is 1.60 bits per heavy atom. The molecule has 0 bridgehead atoms. The fraction of sp³-hybridized carbons (Fsp3) is 0.500. The Labute approximate surface area is 89.1 Å². The zero-order valence-corrected chi connectivity index (χ0v) is 9.11. The lowest BCUT2D eigenvalue weighted by atomic mass is 10.1. The van der Waals surface area contributed by atoms with Gasteiger partial charge in [0.15, 0.2) is 5.82 Å². The summed E-state index contributed by atoms with van der Waals surface area (Å²) in [5.74, 6) is 0.491. The molecule has 0 aliphatic heterocycles. The first-order valence-electron chi connectivity index (χ1n) is 4.60. The number of nitriles is 1. The van der Waals surface area contributed by atoms with Crippen LogP contribution < -0.4 is 5.32 Å². The number of ether oxygens (including phenoxy) is 1. The van der Waals surface area contributed by atoms with E-state index in [2.05, 4.69) is 15.5 Å². The zero-order valence-electron chi connectivity index (χ0n) is 9.11. The smallest absolute Gasteiger partial charge is 0.166 e. The van der Waals surface area contributed by atoms with E-state index in [9.17, 15) is 0 Å². The Hall–Kier alpha value is -1.67. The maximum absolute atomic E-state index is 8.82. The Bertz CT molecular complexity index is 370. The summed E-state index contributed by atoms with van der Waals surface area (Å²) in [4.78, 5) is 0.